The van der Waals surface area contributed by atoms with Crippen LogP contribution in [0.1, 0.15) is 11.1 Å². The first-order valence-corrected chi connectivity index (χ1v) is 11.2. The van der Waals surface area contributed by atoms with Crippen LogP contribution in [0.4, 0.5) is 0 Å². The summed E-state index contributed by atoms with van der Waals surface area (Å²) >= 11 is 2.86. The maximum Gasteiger partial charge on any atom is 0.291 e. The third-order valence-electron chi connectivity index (χ3n) is 4.65. The van der Waals surface area contributed by atoms with Crippen LogP contribution in [0.15, 0.2) is 70.8 Å². The van der Waals surface area contributed by atoms with Gasteiger partial charge < -0.3 is 9.47 Å². The monoisotopic (exact) mass is 447 g/mol. The van der Waals surface area contributed by atoms with Gasteiger partial charge in [-0.3, -0.25) is 4.79 Å². The lowest BCUT2D eigenvalue weighted by Gasteiger charge is -2.11. The normalized spacial score (nSPS) is 11.8. The minimum Gasteiger partial charge on any atom is -0.493 e. The molecule has 5 aromatic rings. The summed E-state index contributed by atoms with van der Waals surface area (Å²) in [6.45, 7) is 0.450. The molecular weight excluding hydrogens is 430 g/mol. The third-order valence-corrected chi connectivity index (χ3v) is 6.47. The topological polar surface area (TPSA) is 65.7 Å². The Morgan fingerprint density at radius 1 is 1.06 bits per heavy atom. The number of thiophene rings is 1. The number of hydrogen-bond acceptors (Lipinski definition) is 7. The fourth-order valence-corrected chi connectivity index (χ4v) is 4.68. The second-order valence-electron chi connectivity index (χ2n) is 6.71. The van der Waals surface area contributed by atoms with Crippen LogP contribution in [0, 0.1) is 0 Å². The molecule has 154 valence electrons. The molecular formula is C23H17N3O3S2. The predicted molar refractivity (Wildman–Crippen MR) is 123 cm³/mol. The van der Waals surface area contributed by atoms with Gasteiger partial charge in [-0.15, -0.1) is 16.4 Å². The smallest absolute Gasteiger partial charge is 0.291 e. The van der Waals surface area contributed by atoms with Gasteiger partial charge in [0.1, 0.15) is 6.61 Å². The molecule has 0 fully saturated rings. The van der Waals surface area contributed by atoms with E-state index < -0.39 is 0 Å². The molecule has 0 N–H and O–H groups in total. The second-order valence-corrected chi connectivity index (χ2v) is 8.66. The number of hydrogen-bond donors (Lipinski definition) is 0. The molecule has 6 nitrogen and oxygen atoms in total. The van der Waals surface area contributed by atoms with Crippen molar-refractivity contribution in [1.82, 2.24) is 14.6 Å². The summed E-state index contributed by atoms with van der Waals surface area (Å²) in [6, 6.07) is 19.4. The van der Waals surface area contributed by atoms with Crippen molar-refractivity contribution in [3.63, 3.8) is 0 Å². The Labute approximate surface area is 185 Å². The van der Waals surface area contributed by atoms with E-state index in [0.29, 0.717) is 33.4 Å². The SMILES string of the molecule is COc1cc(/C=c2\sc3nc(-c4cccs4)nn3c2=O)ccc1OCc1ccccc1. The fourth-order valence-electron chi connectivity index (χ4n) is 3.12. The fraction of sp³-hybridized carbons (Fsp3) is 0.0870. The van der Waals surface area contributed by atoms with Crippen molar-refractivity contribution >= 4 is 33.7 Å². The molecule has 0 unspecified atom stereocenters. The maximum absolute atomic E-state index is 12.8. The molecule has 0 amide bonds. The predicted octanol–water partition coefficient (Wildman–Crippen LogP) is 4.01. The summed E-state index contributed by atoms with van der Waals surface area (Å²) in [5.41, 5.74) is 1.73. The number of aromatic nitrogens is 3. The average Bonchev–Trinajstić information content (AvgIpc) is 3.52. The molecule has 3 aromatic heterocycles. The number of fused-ring (bicyclic) bond motifs is 1. The molecule has 2 aromatic carbocycles. The molecule has 0 saturated carbocycles. The van der Waals surface area contributed by atoms with Gasteiger partial charge in [0.2, 0.25) is 4.96 Å². The maximum atomic E-state index is 12.8. The van der Waals surface area contributed by atoms with E-state index in [-0.39, 0.29) is 5.56 Å². The van der Waals surface area contributed by atoms with Gasteiger partial charge in [0.15, 0.2) is 17.3 Å². The number of nitrogens with zero attached hydrogens (tertiary/aromatic N) is 3. The second kappa shape index (κ2) is 8.33. The zero-order chi connectivity index (χ0) is 21.2. The third kappa shape index (κ3) is 3.95. The van der Waals surface area contributed by atoms with E-state index >= 15 is 0 Å². The zero-order valence-electron chi connectivity index (χ0n) is 16.5. The van der Waals surface area contributed by atoms with Gasteiger partial charge in [-0.2, -0.15) is 9.50 Å². The van der Waals surface area contributed by atoms with E-state index in [9.17, 15) is 4.79 Å². The molecule has 0 atom stereocenters. The van der Waals surface area contributed by atoms with Crippen LogP contribution >= 0.6 is 22.7 Å². The van der Waals surface area contributed by atoms with E-state index in [1.165, 1.54) is 15.9 Å². The minimum atomic E-state index is -0.182. The Bertz CT molecular complexity index is 1440. The van der Waals surface area contributed by atoms with Gasteiger partial charge >= 0.3 is 0 Å². The van der Waals surface area contributed by atoms with E-state index in [4.69, 9.17) is 9.47 Å². The first kappa shape index (κ1) is 19.5. The minimum absolute atomic E-state index is 0.182. The van der Waals surface area contributed by atoms with Crippen molar-refractivity contribution in [2.45, 2.75) is 6.61 Å². The van der Waals surface area contributed by atoms with Crippen LogP contribution in [0.2, 0.25) is 0 Å². The van der Waals surface area contributed by atoms with Crippen molar-refractivity contribution < 1.29 is 9.47 Å². The summed E-state index contributed by atoms with van der Waals surface area (Å²) in [5.74, 6) is 1.83. The van der Waals surface area contributed by atoms with Crippen LogP contribution in [0.5, 0.6) is 11.5 Å². The van der Waals surface area contributed by atoms with Crippen molar-refractivity contribution in [1.29, 1.82) is 0 Å². The van der Waals surface area contributed by atoms with E-state index in [1.807, 2.05) is 72.1 Å². The molecule has 0 aliphatic carbocycles. The van der Waals surface area contributed by atoms with Crippen molar-refractivity contribution in [3.8, 4) is 22.2 Å². The van der Waals surface area contributed by atoms with Crippen LogP contribution in [0.3, 0.4) is 0 Å². The standard InChI is InChI=1S/C23H17N3O3S2/c1-28-18-12-16(9-10-17(18)29-14-15-6-3-2-4-7-15)13-20-22(27)26-23(31-20)24-21(25-26)19-8-5-11-30-19/h2-13H,14H2,1H3/b20-13-. The highest BCUT2D eigenvalue weighted by Crippen LogP contribution is 2.29. The Morgan fingerprint density at radius 2 is 1.94 bits per heavy atom. The number of ether oxygens (including phenoxy) is 2. The number of rotatable bonds is 6. The van der Waals surface area contributed by atoms with E-state index in [1.54, 1.807) is 18.4 Å². The average molecular weight is 448 g/mol. The van der Waals surface area contributed by atoms with E-state index in [2.05, 4.69) is 10.1 Å². The first-order valence-electron chi connectivity index (χ1n) is 9.51. The number of methoxy groups -OCH3 is 1. The molecule has 3 heterocycles. The Kier molecular flexibility index (Phi) is 5.23. The molecule has 0 bridgehead atoms. The Balaban J connectivity index is 1.43. The summed E-state index contributed by atoms with van der Waals surface area (Å²) < 4.78 is 13.3. The largest absolute Gasteiger partial charge is 0.493 e. The van der Waals surface area contributed by atoms with Crippen molar-refractivity contribution in [2.24, 2.45) is 0 Å². The van der Waals surface area contributed by atoms with Gasteiger partial charge in [0.05, 0.1) is 16.5 Å². The van der Waals surface area contributed by atoms with Crippen LogP contribution in [-0.4, -0.2) is 21.7 Å². The molecule has 0 radical (unpaired) electrons. The molecule has 5 rings (SSSR count). The lowest BCUT2D eigenvalue weighted by atomic mass is 10.2. The Hall–Kier alpha value is -3.49. The summed E-state index contributed by atoms with van der Waals surface area (Å²) in [6.07, 6.45) is 1.82. The summed E-state index contributed by atoms with van der Waals surface area (Å²) in [5, 5.41) is 6.33. The highest BCUT2D eigenvalue weighted by atomic mass is 32.1. The molecule has 0 saturated heterocycles. The molecule has 8 heteroatoms. The molecule has 0 spiro atoms. The quantitative estimate of drug-likeness (QED) is 0.393. The van der Waals surface area contributed by atoms with Gasteiger partial charge in [0.25, 0.3) is 5.56 Å². The summed E-state index contributed by atoms with van der Waals surface area (Å²) in [4.78, 5) is 18.8. The highest BCUT2D eigenvalue weighted by Gasteiger charge is 2.13. The molecule has 0 aliphatic heterocycles. The van der Waals surface area contributed by atoms with Crippen LogP contribution < -0.4 is 19.6 Å². The number of benzene rings is 2. The first-order chi connectivity index (χ1) is 15.2. The van der Waals surface area contributed by atoms with E-state index in [0.717, 1.165) is 16.0 Å². The van der Waals surface area contributed by atoms with Crippen LogP contribution in [0.25, 0.3) is 21.7 Å². The lowest BCUT2D eigenvalue weighted by Crippen LogP contribution is -2.23. The molecule has 31 heavy (non-hydrogen) atoms. The van der Waals surface area contributed by atoms with Gasteiger partial charge in [-0.05, 0) is 40.8 Å². The van der Waals surface area contributed by atoms with Gasteiger partial charge in [0, 0.05) is 0 Å². The molecule has 0 aliphatic rings. The summed E-state index contributed by atoms with van der Waals surface area (Å²) in [7, 11) is 1.60. The van der Waals surface area contributed by atoms with Crippen molar-refractivity contribution in [2.75, 3.05) is 7.11 Å². The zero-order valence-corrected chi connectivity index (χ0v) is 18.2. The lowest BCUT2D eigenvalue weighted by molar-refractivity contribution is 0.284. The van der Waals surface area contributed by atoms with Crippen LogP contribution in [-0.2, 0) is 6.61 Å². The highest BCUT2D eigenvalue weighted by molar-refractivity contribution is 7.15. The number of thiazole rings is 1. The Morgan fingerprint density at radius 3 is 2.68 bits per heavy atom. The van der Waals surface area contributed by atoms with Crippen molar-refractivity contribution in [3.05, 3.63) is 92.1 Å². The van der Waals surface area contributed by atoms with Gasteiger partial charge in [-0.25, -0.2) is 0 Å². The van der Waals surface area contributed by atoms with Gasteiger partial charge in [-0.1, -0.05) is 53.8 Å².